The van der Waals surface area contributed by atoms with E-state index in [-0.39, 0.29) is 29.9 Å². The molecule has 2 aromatic carbocycles. The van der Waals surface area contributed by atoms with Crippen molar-refractivity contribution in [2.45, 2.75) is 37.4 Å². The fourth-order valence-corrected chi connectivity index (χ4v) is 4.41. The van der Waals surface area contributed by atoms with Crippen LogP contribution < -0.4 is 16.2 Å². The highest BCUT2D eigenvalue weighted by molar-refractivity contribution is 6.31. The summed E-state index contributed by atoms with van der Waals surface area (Å²) in [6, 6.07) is 14.4. The Hall–Kier alpha value is -2.12. The first-order valence-corrected chi connectivity index (χ1v) is 10.9. The molecule has 0 spiro atoms. The van der Waals surface area contributed by atoms with Crippen LogP contribution in [0.4, 0.5) is 0 Å². The normalized spacial score (nSPS) is 22.1. The van der Waals surface area contributed by atoms with Crippen LogP contribution >= 0.6 is 23.2 Å². The summed E-state index contributed by atoms with van der Waals surface area (Å²) < 4.78 is 0. The van der Waals surface area contributed by atoms with Crippen molar-refractivity contribution < 1.29 is 9.59 Å². The van der Waals surface area contributed by atoms with Crippen LogP contribution in [0.5, 0.6) is 0 Å². The van der Waals surface area contributed by atoms with E-state index in [1.54, 1.807) is 24.3 Å². The summed E-state index contributed by atoms with van der Waals surface area (Å²) >= 11 is 12.0. The van der Waals surface area contributed by atoms with Crippen molar-refractivity contribution in [3.8, 4) is 0 Å². The van der Waals surface area contributed by atoms with Crippen LogP contribution in [0.15, 0.2) is 48.5 Å². The number of hydrazine groups is 1. The highest BCUT2D eigenvalue weighted by Gasteiger charge is 2.34. The Morgan fingerprint density at radius 2 is 1.67 bits per heavy atom. The predicted molar refractivity (Wildman–Crippen MR) is 117 cm³/mol. The average molecular weight is 447 g/mol. The minimum Gasteiger partial charge on any atom is -0.349 e. The summed E-state index contributed by atoms with van der Waals surface area (Å²) in [6.07, 6.45) is 2.14. The van der Waals surface area contributed by atoms with E-state index in [9.17, 15) is 9.59 Å². The second-order valence-corrected chi connectivity index (χ2v) is 8.64. The lowest BCUT2D eigenvalue weighted by Gasteiger charge is -2.33. The number of carbonyl (C=O) groups excluding carboxylic acids is 2. The second kappa shape index (κ2) is 9.35. The Labute approximate surface area is 185 Å². The zero-order chi connectivity index (χ0) is 21.1. The van der Waals surface area contributed by atoms with Gasteiger partial charge in [-0.1, -0.05) is 41.4 Å². The van der Waals surface area contributed by atoms with Gasteiger partial charge in [-0.15, -0.1) is 0 Å². The van der Waals surface area contributed by atoms with Gasteiger partial charge in [-0.3, -0.25) is 9.59 Å². The van der Waals surface area contributed by atoms with E-state index in [2.05, 4.69) is 16.2 Å². The van der Waals surface area contributed by atoms with Crippen molar-refractivity contribution in [2.75, 3.05) is 13.1 Å². The maximum Gasteiger partial charge on any atom is 0.251 e. The third kappa shape index (κ3) is 4.95. The molecule has 2 aliphatic heterocycles. The van der Waals surface area contributed by atoms with Crippen LogP contribution in [0, 0.1) is 0 Å². The lowest BCUT2D eigenvalue weighted by molar-refractivity contribution is -0.134. The number of hydrogen-bond acceptors (Lipinski definition) is 4. The maximum atomic E-state index is 12.9. The van der Waals surface area contributed by atoms with Gasteiger partial charge in [0.15, 0.2) is 0 Å². The zero-order valence-corrected chi connectivity index (χ0v) is 17.9. The average Bonchev–Trinajstić information content (AvgIpc) is 3.24. The lowest BCUT2D eigenvalue weighted by atomic mass is 9.99. The van der Waals surface area contributed by atoms with E-state index >= 15 is 0 Å². The third-order valence-electron chi connectivity index (χ3n) is 5.68. The standard InChI is InChI=1S/C22H24Cl2N4O2/c23-16-5-1-3-14(11-16)19-13-20(27-26-19)22(30)28-9-7-18(8-10-28)25-21(29)15-4-2-6-17(24)12-15/h1-6,11-12,18-20,26-27H,7-10,13H2,(H,25,29). The quantitative estimate of drug-likeness (QED) is 0.673. The highest BCUT2D eigenvalue weighted by Crippen LogP contribution is 2.26. The topological polar surface area (TPSA) is 73.5 Å². The number of piperidine rings is 1. The van der Waals surface area contributed by atoms with E-state index in [1.807, 2.05) is 29.2 Å². The Morgan fingerprint density at radius 1 is 0.967 bits per heavy atom. The molecule has 0 aliphatic carbocycles. The molecule has 2 saturated heterocycles. The fraction of sp³-hybridized carbons (Fsp3) is 0.364. The number of nitrogens with one attached hydrogen (secondary N) is 3. The Balaban J connectivity index is 1.27. The van der Waals surface area contributed by atoms with E-state index in [4.69, 9.17) is 23.2 Å². The van der Waals surface area contributed by atoms with Gasteiger partial charge in [0.25, 0.3) is 5.91 Å². The van der Waals surface area contributed by atoms with Crippen LogP contribution in [-0.4, -0.2) is 41.9 Å². The molecule has 2 unspecified atom stereocenters. The van der Waals surface area contributed by atoms with Crippen molar-refractivity contribution in [1.82, 2.24) is 21.1 Å². The van der Waals surface area contributed by atoms with Gasteiger partial charge in [0.2, 0.25) is 5.91 Å². The predicted octanol–water partition coefficient (Wildman–Crippen LogP) is 3.32. The minimum atomic E-state index is -0.272. The van der Waals surface area contributed by atoms with Crippen LogP contribution in [-0.2, 0) is 4.79 Å². The smallest absolute Gasteiger partial charge is 0.251 e. The van der Waals surface area contributed by atoms with Crippen LogP contribution in [0.1, 0.15) is 41.2 Å². The molecule has 158 valence electrons. The van der Waals surface area contributed by atoms with Gasteiger partial charge < -0.3 is 10.2 Å². The van der Waals surface area contributed by atoms with Crippen molar-refractivity contribution in [3.05, 3.63) is 69.7 Å². The van der Waals surface area contributed by atoms with Crippen molar-refractivity contribution >= 4 is 35.0 Å². The summed E-state index contributed by atoms with van der Waals surface area (Å²) in [5, 5.41) is 4.27. The van der Waals surface area contributed by atoms with Gasteiger partial charge in [-0.25, -0.2) is 10.9 Å². The van der Waals surface area contributed by atoms with Crippen LogP contribution in [0.25, 0.3) is 0 Å². The van der Waals surface area contributed by atoms with Gasteiger partial charge >= 0.3 is 0 Å². The van der Waals surface area contributed by atoms with E-state index in [0.717, 1.165) is 18.4 Å². The first kappa shape index (κ1) is 21.1. The van der Waals surface area contributed by atoms with E-state index in [1.165, 1.54) is 0 Å². The second-order valence-electron chi connectivity index (χ2n) is 7.77. The van der Waals surface area contributed by atoms with Crippen LogP contribution in [0.3, 0.4) is 0 Å². The van der Waals surface area contributed by atoms with E-state index in [0.29, 0.717) is 35.1 Å². The highest BCUT2D eigenvalue weighted by atomic mass is 35.5. The Bertz CT molecular complexity index is 931. The van der Waals surface area contributed by atoms with Gasteiger partial charge in [-0.2, -0.15) is 0 Å². The zero-order valence-electron chi connectivity index (χ0n) is 16.4. The number of likely N-dealkylation sites (tertiary alicyclic amines) is 1. The molecule has 2 fully saturated rings. The third-order valence-corrected chi connectivity index (χ3v) is 6.15. The van der Waals surface area contributed by atoms with Crippen molar-refractivity contribution in [1.29, 1.82) is 0 Å². The lowest BCUT2D eigenvalue weighted by Crippen LogP contribution is -2.51. The van der Waals surface area contributed by atoms with Gasteiger partial charge in [-0.05, 0) is 55.2 Å². The molecule has 0 aromatic heterocycles. The number of hydrogen-bond donors (Lipinski definition) is 3. The molecule has 6 nitrogen and oxygen atoms in total. The van der Waals surface area contributed by atoms with Gasteiger partial charge in [0.05, 0.1) is 0 Å². The molecule has 2 aliphatic rings. The first-order chi connectivity index (χ1) is 14.5. The van der Waals surface area contributed by atoms with Crippen molar-refractivity contribution in [3.63, 3.8) is 0 Å². The Morgan fingerprint density at radius 3 is 2.37 bits per heavy atom. The molecule has 3 N–H and O–H groups in total. The molecular weight excluding hydrogens is 423 g/mol. The number of carbonyl (C=O) groups is 2. The molecule has 0 bridgehead atoms. The summed E-state index contributed by atoms with van der Waals surface area (Å²) in [6.45, 7) is 1.25. The van der Waals surface area contributed by atoms with Gasteiger partial charge in [0, 0.05) is 40.8 Å². The van der Waals surface area contributed by atoms with E-state index < -0.39 is 0 Å². The van der Waals surface area contributed by atoms with Crippen molar-refractivity contribution in [2.24, 2.45) is 0 Å². The molecule has 2 aromatic rings. The molecule has 0 saturated carbocycles. The molecule has 2 heterocycles. The molecule has 30 heavy (non-hydrogen) atoms. The van der Waals surface area contributed by atoms with Gasteiger partial charge in [0.1, 0.15) is 6.04 Å². The number of halogens is 2. The number of amides is 2. The maximum absolute atomic E-state index is 12.9. The number of rotatable bonds is 4. The fourth-order valence-electron chi connectivity index (χ4n) is 4.02. The molecule has 4 rings (SSSR count). The summed E-state index contributed by atoms with van der Waals surface area (Å²) in [7, 11) is 0. The summed E-state index contributed by atoms with van der Waals surface area (Å²) in [5.74, 6) is -0.0417. The number of benzene rings is 2. The molecule has 2 amide bonds. The summed E-state index contributed by atoms with van der Waals surface area (Å²) in [4.78, 5) is 27.2. The molecular formula is C22H24Cl2N4O2. The minimum absolute atomic E-state index is 0.0483. The molecule has 8 heteroatoms. The van der Waals surface area contributed by atoms with Crippen LogP contribution in [0.2, 0.25) is 10.0 Å². The first-order valence-electron chi connectivity index (χ1n) is 10.1. The molecule has 2 atom stereocenters. The SMILES string of the molecule is O=C(NC1CCN(C(=O)C2CC(c3cccc(Cl)c3)NN2)CC1)c1cccc(Cl)c1. The Kier molecular flexibility index (Phi) is 6.58. The number of nitrogens with zero attached hydrogens (tertiary/aromatic N) is 1. The molecule has 0 radical (unpaired) electrons. The monoisotopic (exact) mass is 446 g/mol. The largest absolute Gasteiger partial charge is 0.349 e. The summed E-state index contributed by atoms with van der Waals surface area (Å²) in [5.41, 5.74) is 7.94.